The van der Waals surface area contributed by atoms with Crippen molar-refractivity contribution in [1.82, 2.24) is 4.98 Å². The molecule has 1 aliphatic rings. The lowest BCUT2D eigenvalue weighted by atomic mass is 10.3. The fourth-order valence-electron chi connectivity index (χ4n) is 1.04. The molecule has 1 aromatic heterocycles. The molecular formula is C8H9NO2. The van der Waals surface area contributed by atoms with Gasteiger partial charge in [-0.25, -0.2) is 4.98 Å². The van der Waals surface area contributed by atoms with Crippen LogP contribution in [-0.4, -0.2) is 11.3 Å². The minimum absolute atomic E-state index is 0.334. The highest BCUT2D eigenvalue weighted by Crippen LogP contribution is 2.32. The van der Waals surface area contributed by atoms with E-state index in [1.165, 1.54) is 19.0 Å². The molecular weight excluding hydrogens is 142 g/mol. The number of aromatic nitrogens is 1. The molecule has 0 spiro atoms. The van der Waals surface area contributed by atoms with Gasteiger partial charge in [0.1, 0.15) is 0 Å². The van der Waals surface area contributed by atoms with Gasteiger partial charge in [-0.1, -0.05) is 0 Å². The Morgan fingerprint density at radius 1 is 1.73 bits per heavy atom. The van der Waals surface area contributed by atoms with Crippen LogP contribution in [-0.2, 0) is 6.42 Å². The molecule has 0 saturated heterocycles. The zero-order valence-corrected chi connectivity index (χ0v) is 6.12. The maximum atomic E-state index is 10.2. The van der Waals surface area contributed by atoms with E-state index >= 15 is 0 Å². The monoisotopic (exact) mass is 151 g/mol. The van der Waals surface area contributed by atoms with Crippen LogP contribution in [0, 0.1) is 5.92 Å². The molecule has 0 atom stereocenters. The Morgan fingerprint density at radius 3 is 3.09 bits per heavy atom. The number of carbonyl (C=O) groups excluding carboxylic acids is 1. The van der Waals surface area contributed by atoms with Crippen molar-refractivity contribution in [3.8, 4) is 0 Å². The molecule has 11 heavy (non-hydrogen) atoms. The van der Waals surface area contributed by atoms with Crippen LogP contribution in [0.25, 0.3) is 0 Å². The zero-order valence-electron chi connectivity index (χ0n) is 6.12. The number of rotatable bonds is 3. The quantitative estimate of drug-likeness (QED) is 0.614. The van der Waals surface area contributed by atoms with E-state index < -0.39 is 0 Å². The van der Waals surface area contributed by atoms with Crippen LogP contribution in [0.15, 0.2) is 10.6 Å². The lowest BCUT2D eigenvalue weighted by Crippen LogP contribution is -1.84. The predicted octanol–water partition coefficient (Wildman–Crippen LogP) is 1.44. The largest absolute Gasteiger partial charge is 0.438 e. The predicted molar refractivity (Wildman–Crippen MR) is 38.3 cm³/mol. The van der Waals surface area contributed by atoms with E-state index in [-0.39, 0.29) is 0 Å². The first-order chi connectivity index (χ1) is 5.38. The normalized spacial score (nSPS) is 16.7. The van der Waals surface area contributed by atoms with E-state index in [9.17, 15) is 4.79 Å². The van der Waals surface area contributed by atoms with Crippen LogP contribution >= 0.6 is 0 Å². The van der Waals surface area contributed by atoms with Crippen LogP contribution in [0.1, 0.15) is 29.3 Å². The Kier molecular flexibility index (Phi) is 1.49. The summed E-state index contributed by atoms with van der Waals surface area (Å²) in [6.07, 6.45) is 5.61. The number of oxazole rings is 1. The third-order valence-electron chi connectivity index (χ3n) is 1.85. The first-order valence-electron chi connectivity index (χ1n) is 3.78. The number of hydrogen-bond acceptors (Lipinski definition) is 3. The number of nitrogens with zero attached hydrogens (tertiary/aromatic N) is 1. The summed E-state index contributed by atoms with van der Waals surface area (Å²) < 4.78 is 5.10. The third-order valence-corrected chi connectivity index (χ3v) is 1.85. The van der Waals surface area contributed by atoms with E-state index in [2.05, 4.69) is 4.98 Å². The number of aldehydes is 1. The van der Waals surface area contributed by atoms with Crippen molar-refractivity contribution in [2.75, 3.05) is 0 Å². The maximum absolute atomic E-state index is 10.2. The summed E-state index contributed by atoms with van der Waals surface area (Å²) in [6, 6.07) is 0. The van der Waals surface area contributed by atoms with Crippen molar-refractivity contribution in [2.45, 2.75) is 19.3 Å². The number of hydrogen-bond donors (Lipinski definition) is 0. The van der Waals surface area contributed by atoms with Gasteiger partial charge in [0.25, 0.3) is 0 Å². The Bertz CT molecular complexity index is 263. The molecule has 58 valence electrons. The van der Waals surface area contributed by atoms with E-state index in [4.69, 9.17) is 4.42 Å². The minimum Gasteiger partial charge on any atom is -0.438 e. The van der Waals surface area contributed by atoms with Gasteiger partial charge in [0, 0.05) is 6.42 Å². The van der Waals surface area contributed by atoms with Crippen LogP contribution in [0.4, 0.5) is 0 Å². The van der Waals surface area contributed by atoms with Crippen molar-refractivity contribution >= 4 is 6.29 Å². The molecule has 0 amide bonds. The van der Waals surface area contributed by atoms with E-state index in [0.717, 1.165) is 12.3 Å². The highest BCUT2D eigenvalue weighted by molar-refractivity contribution is 5.69. The Balaban J connectivity index is 2.05. The molecule has 1 fully saturated rings. The van der Waals surface area contributed by atoms with Gasteiger partial charge in [0.15, 0.2) is 17.9 Å². The standard InChI is InChI=1S/C8H9NO2/c10-5-7-4-9-8(11-7)3-6-1-2-6/h4-6H,1-3H2. The molecule has 0 unspecified atom stereocenters. The molecule has 0 radical (unpaired) electrons. The van der Waals surface area contributed by atoms with Gasteiger partial charge in [0.2, 0.25) is 0 Å². The molecule has 0 aliphatic heterocycles. The maximum Gasteiger partial charge on any atom is 0.195 e. The second-order valence-electron chi connectivity index (χ2n) is 2.92. The fourth-order valence-corrected chi connectivity index (χ4v) is 1.04. The van der Waals surface area contributed by atoms with Crippen molar-refractivity contribution in [2.24, 2.45) is 5.92 Å². The highest BCUT2D eigenvalue weighted by atomic mass is 16.4. The molecule has 2 rings (SSSR count). The summed E-state index contributed by atoms with van der Waals surface area (Å²) in [5.74, 6) is 1.79. The molecule has 0 bridgehead atoms. The lowest BCUT2D eigenvalue weighted by Gasteiger charge is -1.87. The molecule has 0 N–H and O–H groups in total. The average Bonchev–Trinajstić information content (AvgIpc) is 2.68. The van der Waals surface area contributed by atoms with Crippen LogP contribution in [0.5, 0.6) is 0 Å². The molecule has 3 nitrogen and oxygen atoms in total. The van der Waals surface area contributed by atoms with Crippen molar-refractivity contribution in [3.05, 3.63) is 17.8 Å². The van der Waals surface area contributed by atoms with Gasteiger partial charge < -0.3 is 4.42 Å². The van der Waals surface area contributed by atoms with E-state index in [0.29, 0.717) is 17.9 Å². The molecule has 1 saturated carbocycles. The summed E-state index contributed by atoms with van der Waals surface area (Å²) in [5.41, 5.74) is 0. The van der Waals surface area contributed by atoms with Gasteiger partial charge in [-0.2, -0.15) is 0 Å². The van der Waals surface area contributed by atoms with Crippen LogP contribution in [0.2, 0.25) is 0 Å². The highest BCUT2D eigenvalue weighted by Gasteiger charge is 2.23. The molecule has 0 aromatic carbocycles. The third kappa shape index (κ3) is 1.48. The lowest BCUT2D eigenvalue weighted by molar-refractivity contribution is 0.109. The zero-order chi connectivity index (χ0) is 7.68. The van der Waals surface area contributed by atoms with Gasteiger partial charge >= 0.3 is 0 Å². The van der Waals surface area contributed by atoms with Crippen molar-refractivity contribution < 1.29 is 9.21 Å². The molecule has 1 aliphatic carbocycles. The van der Waals surface area contributed by atoms with E-state index in [1.54, 1.807) is 0 Å². The topological polar surface area (TPSA) is 43.1 Å². The Labute approximate surface area is 64.4 Å². The minimum atomic E-state index is 0.334. The summed E-state index contributed by atoms with van der Waals surface area (Å²) >= 11 is 0. The van der Waals surface area contributed by atoms with Crippen molar-refractivity contribution in [1.29, 1.82) is 0 Å². The van der Waals surface area contributed by atoms with Crippen LogP contribution < -0.4 is 0 Å². The fraction of sp³-hybridized carbons (Fsp3) is 0.500. The van der Waals surface area contributed by atoms with Gasteiger partial charge in [-0.3, -0.25) is 4.79 Å². The van der Waals surface area contributed by atoms with Gasteiger partial charge in [-0.05, 0) is 18.8 Å². The average molecular weight is 151 g/mol. The first kappa shape index (κ1) is 6.58. The first-order valence-corrected chi connectivity index (χ1v) is 3.78. The Morgan fingerprint density at radius 2 is 2.55 bits per heavy atom. The molecule has 1 aromatic rings. The summed E-state index contributed by atoms with van der Waals surface area (Å²) in [7, 11) is 0. The summed E-state index contributed by atoms with van der Waals surface area (Å²) in [6.45, 7) is 0. The van der Waals surface area contributed by atoms with Gasteiger partial charge in [0.05, 0.1) is 6.20 Å². The molecule has 1 heterocycles. The van der Waals surface area contributed by atoms with Crippen LogP contribution in [0.3, 0.4) is 0 Å². The molecule has 3 heteroatoms. The second kappa shape index (κ2) is 2.49. The summed E-state index contributed by atoms with van der Waals surface area (Å²) in [4.78, 5) is 14.2. The van der Waals surface area contributed by atoms with Gasteiger partial charge in [-0.15, -0.1) is 0 Å². The van der Waals surface area contributed by atoms with E-state index in [1.807, 2.05) is 0 Å². The second-order valence-corrected chi connectivity index (χ2v) is 2.92. The Hall–Kier alpha value is -1.12. The van der Waals surface area contributed by atoms with Crippen molar-refractivity contribution in [3.63, 3.8) is 0 Å². The SMILES string of the molecule is O=Cc1cnc(CC2CC2)o1. The smallest absolute Gasteiger partial charge is 0.195 e. The summed E-state index contributed by atoms with van der Waals surface area (Å²) in [5, 5.41) is 0. The number of carbonyl (C=O) groups is 1.